The second-order valence-corrected chi connectivity index (χ2v) is 6.39. The second kappa shape index (κ2) is 5.14. The van der Waals surface area contributed by atoms with Crippen molar-refractivity contribution in [2.45, 2.75) is 6.92 Å². The summed E-state index contributed by atoms with van der Waals surface area (Å²) in [6, 6.07) is 7.62. The van der Waals surface area contributed by atoms with Crippen molar-refractivity contribution in [2.75, 3.05) is 7.11 Å². The first kappa shape index (κ1) is 15.5. The van der Waals surface area contributed by atoms with Crippen LogP contribution in [-0.4, -0.2) is 17.2 Å². The zero-order chi connectivity index (χ0) is 18.9. The standard InChI is InChI=1S/C20H13NO6/c1-8-5-14(23)26-12-7-13(25-2)19-17(16(8)12)10-4-3-9-11(22)6-15(24)27-20(9)18(10)21-19/h3-7,21-22H,1-2H3. The van der Waals surface area contributed by atoms with Gasteiger partial charge in [-0.15, -0.1) is 0 Å². The summed E-state index contributed by atoms with van der Waals surface area (Å²) < 4.78 is 16.2. The molecule has 3 aromatic heterocycles. The highest BCUT2D eigenvalue weighted by Crippen LogP contribution is 2.41. The van der Waals surface area contributed by atoms with Gasteiger partial charge in [0.25, 0.3) is 0 Å². The molecule has 0 fully saturated rings. The first-order valence-corrected chi connectivity index (χ1v) is 8.20. The predicted octanol–water partition coefficient (Wildman–Crippen LogP) is 3.56. The third kappa shape index (κ3) is 2.02. The van der Waals surface area contributed by atoms with E-state index in [0.29, 0.717) is 27.8 Å². The molecule has 0 bridgehead atoms. The smallest absolute Gasteiger partial charge is 0.340 e. The molecule has 0 unspecified atom stereocenters. The molecule has 0 radical (unpaired) electrons. The van der Waals surface area contributed by atoms with E-state index in [1.54, 1.807) is 12.1 Å². The summed E-state index contributed by atoms with van der Waals surface area (Å²) in [5.41, 5.74) is 1.55. The van der Waals surface area contributed by atoms with Crippen LogP contribution in [0.5, 0.6) is 11.5 Å². The first-order chi connectivity index (χ1) is 13.0. The van der Waals surface area contributed by atoms with Crippen molar-refractivity contribution in [3.8, 4) is 11.5 Å². The maximum atomic E-state index is 11.8. The van der Waals surface area contributed by atoms with E-state index in [4.69, 9.17) is 13.6 Å². The highest BCUT2D eigenvalue weighted by atomic mass is 16.5. The maximum absolute atomic E-state index is 11.8. The van der Waals surface area contributed by atoms with Crippen LogP contribution in [-0.2, 0) is 0 Å². The van der Waals surface area contributed by atoms with Crippen molar-refractivity contribution in [3.05, 3.63) is 56.7 Å². The van der Waals surface area contributed by atoms with Crippen LogP contribution >= 0.6 is 0 Å². The van der Waals surface area contributed by atoms with Crippen LogP contribution in [0.4, 0.5) is 0 Å². The molecule has 0 amide bonds. The maximum Gasteiger partial charge on any atom is 0.340 e. The van der Waals surface area contributed by atoms with Crippen molar-refractivity contribution >= 4 is 43.7 Å². The van der Waals surface area contributed by atoms with E-state index in [0.717, 1.165) is 27.8 Å². The lowest BCUT2D eigenvalue weighted by Crippen LogP contribution is -1.98. The summed E-state index contributed by atoms with van der Waals surface area (Å²) in [6.07, 6.45) is 0. The molecule has 0 spiro atoms. The Bertz CT molecular complexity index is 1520. The summed E-state index contributed by atoms with van der Waals surface area (Å²) in [5.74, 6) is 0.332. The van der Waals surface area contributed by atoms with Gasteiger partial charge in [-0.3, -0.25) is 0 Å². The van der Waals surface area contributed by atoms with Crippen LogP contribution < -0.4 is 16.0 Å². The molecular weight excluding hydrogens is 350 g/mol. The number of H-pyrrole nitrogens is 1. The molecule has 0 aliphatic rings. The zero-order valence-electron chi connectivity index (χ0n) is 14.4. The minimum absolute atomic E-state index is 0.152. The Morgan fingerprint density at radius 3 is 2.48 bits per heavy atom. The molecule has 27 heavy (non-hydrogen) atoms. The molecule has 0 atom stereocenters. The van der Waals surface area contributed by atoms with Gasteiger partial charge in [0, 0.05) is 28.3 Å². The Balaban J connectivity index is 2.13. The Labute approximate surface area is 150 Å². The monoisotopic (exact) mass is 363 g/mol. The molecule has 7 nitrogen and oxygen atoms in total. The Morgan fingerprint density at radius 1 is 0.963 bits per heavy atom. The predicted molar refractivity (Wildman–Crippen MR) is 101 cm³/mol. The molecule has 3 heterocycles. The number of nitrogens with one attached hydrogen (secondary N) is 1. The molecule has 0 aliphatic heterocycles. The van der Waals surface area contributed by atoms with Gasteiger partial charge in [-0.1, -0.05) is 6.07 Å². The number of aromatic nitrogens is 1. The number of aromatic amines is 1. The number of benzene rings is 2. The third-order valence-corrected chi connectivity index (χ3v) is 4.82. The number of hydrogen-bond donors (Lipinski definition) is 2. The Kier molecular flexibility index (Phi) is 2.95. The molecule has 0 saturated carbocycles. The average molecular weight is 363 g/mol. The minimum Gasteiger partial charge on any atom is -0.507 e. The third-order valence-electron chi connectivity index (χ3n) is 4.82. The van der Waals surface area contributed by atoms with Gasteiger partial charge >= 0.3 is 11.3 Å². The highest BCUT2D eigenvalue weighted by molar-refractivity contribution is 6.25. The molecule has 0 saturated heterocycles. The van der Waals surface area contributed by atoms with Gasteiger partial charge in [-0.25, -0.2) is 9.59 Å². The number of methoxy groups -OCH3 is 1. The summed E-state index contributed by atoms with van der Waals surface area (Å²) in [7, 11) is 1.52. The summed E-state index contributed by atoms with van der Waals surface area (Å²) in [6.45, 7) is 1.83. The number of rotatable bonds is 1. The van der Waals surface area contributed by atoms with Crippen molar-refractivity contribution < 1.29 is 18.7 Å². The van der Waals surface area contributed by atoms with Crippen LogP contribution in [0.2, 0.25) is 0 Å². The number of ether oxygens (including phenoxy) is 1. The zero-order valence-corrected chi connectivity index (χ0v) is 14.4. The Hall–Kier alpha value is -3.74. The van der Waals surface area contributed by atoms with E-state index in [2.05, 4.69) is 4.98 Å². The van der Waals surface area contributed by atoms with E-state index in [1.165, 1.54) is 13.2 Å². The molecule has 5 rings (SSSR count). The molecule has 134 valence electrons. The fourth-order valence-electron chi connectivity index (χ4n) is 3.72. The molecule has 2 aromatic carbocycles. The normalized spacial score (nSPS) is 11.8. The molecule has 2 N–H and O–H groups in total. The number of aromatic hydroxyl groups is 1. The van der Waals surface area contributed by atoms with Crippen LogP contribution in [0.25, 0.3) is 43.7 Å². The van der Waals surface area contributed by atoms with Crippen LogP contribution in [0.1, 0.15) is 5.56 Å². The summed E-state index contributed by atoms with van der Waals surface area (Å²) in [4.78, 5) is 26.8. The van der Waals surface area contributed by atoms with E-state index in [1.807, 2.05) is 13.0 Å². The number of hydrogen-bond acceptors (Lipinski definition) is 6. The number of fused-ring (bicyclic) bond motifs is 7. The van der Waals surface area contributed by atoms with Gasteiger partial charge < -0.3 is 23.7 Å². The second-order valence-electron chi connectivity index (χ2n) is 6.39. The van der Waals surface area contributed by atoms with Gasteiger partial charge in [-0.05, 0) is 18.6 Å². The SMILES string of the molecule is COc1cc2oc(=O)cc(C)c2c2c1[nH]c1c2ccc2c(O)cc(=O)oc21. The molecule has 7 heteroatoms. The van der Waals surface area contributed by atoms with Crippen molar-refractivity contribution in [1.29, 1.82) is 0 Å². The van der Waals surface area contributed by atoms with Crippen LogP contribution in [0.15, 0.2) is 48.8 Å². The lowest BCUT2D eigenvalue weighted by molar-refractivity contribution is 0.418. The fraction of sp³-hybridized carbons (Fsp3) is 0.100. The quantitative estimate of drug-likeness (QED) is 0.441. The van der Waals surface area contributed by atoms with E-state index in [-0.39, 0.29) is 11.3 Å². The highest BCUT2D eigenvalue weighted by Gasteiger charge is 2.19. The molecule has 5 aromatic rings. The van der Waals surface area contributed by atoms with Crippen LogP contribution in [0.3, 0.4) is 0 Å². The summed E-state index contributed by atoms with van der Waals surface area (Å²) >= 11 is 0. The van der Waals surface area contributed by atoms with E-state index in [9.17, 15) is 14.7 Å². The van der Waals surface area contributed by atoms with Crippen molar-refractivity contribution in [3.63, 3.8) is 0 Å². The minimum atomic E-state index is -0.648. The average Bonchev–Trinajstić information content (AvgIpc) is 3.00. The lowest BCUT2D eigenvalue weighted by Gasteiger charge is -2.07. The van der Waals surface area contributed by atoms with Gasteiger partial charge in [0.2, 0.25) is 0 Å². The summed E-state index contributed by atoms with van der Waals surface area (Å²) in [5, 5.41) is 12.8. The van der Waals surface area contributed by atoms with E-state index >= 15 is 0 Å². The number of aryl methyl sites for hydroxylation is 1. The fourth-order valence-corrected chi connectivity index (χ4v) is 3.72. The van der Waals surface area contributed by atoms with Gasteiger partial charge in [-0.2, -0.15) is 0 Å². The van der Waals surface area contributed by atoms with Crippen molar-refractivity contribution in [2.24, 2.45) is 0 Å². The van der Waals surface area contributed by atoms with E-state index < -0.39 is 11.3 Å². The lowest BCUT2D eigenvalue weighted by atomic mass is 10.0. The topological polar surface area (TPSA) is 106 Å². The largest absolute Gasteiger partial charge is 0.507 e. The van der Waals surface area contributed by atoms with Gasteiger partial charge in [0.1, 0.15) is 17.1 Å². The first-order valence-electron chi connectivity index (χ1n) is 8.20. The van der Waals surface area contributed by atoms with Gasteiger partial charge in [0.05, 0.1) is 29.6 Å². The van der Waals surface area contributed by atoms with Crippen molar-refractivity contribution in [1.82, 2.24) is 4.98 Å². The molecule has 0 aliphatic carbocycles. The van der Waals surface area contributed by atoms with Crippen LogP contribution in [0, 0.1) is 6.92 Å². The Morgan fingerprint density at radius 2 is 1.70 bits per heavy atom. The van der Waals surface area contributed by atoms with Gasteiger partial charge in [0.15, 0.2) is 5.58 Å². The molecular formula is C20H13NO6.